The summed E-state index contributed by atoms with van der Waals surface area (Å²) < 4.78 is 13.0. The first-order valence-electron chi connectivity index (χ1n) is 6.19. The van der Waals surface area contributed by atoms with E-state index in [9.17, 15) is 9.50 Å². The molecule has 1 aromatic rings. The highest BCUT2D eigenvalue weighted by molar-refractivity contribution is 5.10. The second-order valence-electron chi connectivity index (χ2n) is 4.86. The molecule has 0 amide bonds. The van der Waals surface area contributed by atoms with Crippen LogP contribution in [0.15, 0.2) is 18.5 Å². The third-order valence-electron chi connectivity index (χ3n) is 3.54. The van der Waals surface area contributed by atoms with Crippen molar-refractivity contribution in [1.82, 2.24) is 10.3 Å². The van der Waals surface area contributed by atoms with E-state index in [2.05, 4.69) is 10.3 Å². The normalized spacial score (nSPS) is 19.2. The lowest BCUT2D eigenvalue weighted by Gasteiger charge is -2.36. The van der Waals surface area contributed by atoms with Crippen molar-refractivity contribution in [1.29, 1.82) is 0 Å². The number of rotatable bonds is 4. The topological polar surface area (TPSA) is 45.1 Å². The molecule has 3 nitrogen and oxygen atoms in total. The van der Waals surface area contributed by atoms with Crippen molar-refractivity contribution in [2.45, 2.75) is 44.2 Å². The molecule has 0 atom stereocenters. The lowest BCUT2D eigenvalue weighted by Crippen LogP contribution is -2.49. The van der Waals surface area contributed by atoms with Crippen molar-refractivity contribution in [2.75, 3.05) is 6.61 Å². The Labute approximate surface area is 101 Å². The quantitative estimate of drug-likeness (QED) is 0.843. The van der Waals surface area contributed by atoms with Gasteiger partial charge in [-0.05, 0) is 24.5 Å². The zero-order valence-electron chi connectivity index (χ0n) is 9.95. The van der Waals surface area contributed by atoms with Crippen LogP contribution >= 0.6 is 0 Å². The van der Waals surface area contributed by atoms with Gasteiger partial charge in [-0.25, -0.2) is 4.39 Å². The highest BCUT2D eigenvalue weighted by Gasteiger charge is 2.30. The number of nitrogens with one attached hydrogen (secondary N) is 1. The summed E-state index contributed by atoms with van der Waals surface area (Å²) in [7, 11) is 0. The van der Waals surface area contributed by atoms with Gasteiger partial charge >= 0.3 is 0 Å². The average molecular weight is 238 g/mol. The minimum absolute atomic E-state index is 0.149. The predicted molar refractivity (Wildman–Crippen MR) is 63.9 cm³/mol. The Kier molecular flexibility index (Phi) is 4.07. The second-order valence-corrected chi connectivity index (χ2v) is 4.86. The third kappa shape index (κ3) is 3.23. The monoisotopic (exact) mass is 238 g/mol. The summed E-state index contributed by atoms with van der Waals surface area (Å²) in [5.41, 5.74) is 0.647. The van der Waals surface area contributed by atoms with Crippen LogP contribution in [-0.2, 0) is 6.54 Å². The first-order chi connectivity index (χ1) is 8.24. The minimum Gasteiger partial charge on any atom is -0.394 e. The molecule has 0 saturated heterocycles. The maximum atomic E-state index is 13.0. The molecule has 4 heteroatoms. The van der Waals surface area contributed by atoms with E-state index < -0.39 is 0 Å². The SMILES string of the molecule is OCC1(NCc2cncc(F)c2)CCCCC1. The van der Waals surface area contributed by atoms with Gasteiger partial charge in [0.25, 0.3) is 0 Å². The van der Waals surface area contributed by atoms with Crippen molar-refractivity contribution < 1.29 is 9.50 Å². The lowest BCUT2D eigenvalue weighted by atomic mass is 9.82. The van der Waals surface area contributed by atoms with Crippen LogP contribution in [0.5, 0.6) is 0 Å². The molecule has 1 saturated carbocycles. The molecule has 1 heterocycles. The Bertz CT molecular complexity index is 364. The van der Waals surface area contributed by atoms with E-state index in [1.165, 1.54) is 18.7 Å². The van der Waals surface area contributed by atoms with Crippen LogP contribution in [0.4, 0.5) is 4.39 Å². The van der Waals surface area contributed by atoms with Crippen LogP contribution < -0.4 is 5.32 Å². The minimum atomic E-state index is -0.314. The maximum absolute atomic E-state index is 13.0. The number of hydrogen-bond donors (Lipinski definition) is 2. The van der Waals surface area contributed by atoms with Crippen LogP contribution in [-0.4, -0.2) is 22.2 Å². The molecule has 1 aliphatic carbocycles. The zero-order chi connectivity index (χ0) is 12.1. The Hall–Kier alpha value is -1.00. The van der Waals surface area contributed by atoms with Crippen molar-refractivity contribution in [3.63, 3.8) is 0 Å². The van der Waals surface area contributed by atoms with Gasteiger partial charge in [0.05, 0.1) is 12.8 Å². The number of halogens is 1. The molecule has 0 radical (unpaired) electrons. The fraction of sp³-hybridized carbons (Fsp3) is 0.615. The Balaban J connectivity index is 1.95. The number of aromatic nitrogens is 1. The molecule has 0 spiro atoms. The third-order valence-corrected chi connectivity index (χ3v) is 3.54. The predicted octanol–water partition coefficient (Wildman–Crippen LogP) is 2.01. The summed E-state index contributed by atoms with van der Waals surface area (Å²) in [6.45, 7) is 0.709. The van der Waals surface area contributed by atoms with Gasteiger partial charge in [-0.2, -0.15) is 0 Å². The molecule has 94 valence electrons. The van der Waals surface area contributed by atoms with E-state index in [1.807, 2.05) is 0 Å². The number of aliphatic hydroxyl groups is 1. The smallest absolute Gasteiger partial charge is 0.141 e. The van der Waals surface area contributed by atoms with E-state index in [1.54, 1.807) is 6.20 Å². The van der Waals surface area contributed by atoms with Crippen LogP contribution in [0.2, 0.25) is 0 Å². The maximum Gasteiger partial charge on any atom is 0.141 e. The van der Waals surface area contributed by atoms with Gasteiger partial charge in [-0.3, -0.25) is 4.98 Å². The Morgan fingerprint density at radius 3 is 2.71 bits per heavy atom. The molecule has 1 fully saturated rings. The fourth-order valence-electron chi connectivity index (χ4n) is 2.46. The van der Waals surface area contributed by atoms with Crippen LogP contribution in [0.25, 0.3) is 0 Å². The Morgan fingerprint density at radius 2 is 2.06 bits per heavy atom. The number of aliphatic hydroxyl groups excluding tert-OH is 1. The number of nitrogens with zero attached hydrogens (tertiary/aromatic N) is 1. The summed E-state index contributed by atoms with van der Waals surface area (Å²) in [5.74, 6) is -0.314. The summed E-state index contributed by atoms with van der Waals surface area (Å²) in [6, 6.07) is 1.48. The molecule has 0 bridgehead atoms. The first-order valence-corrected chi connectivity index (χ1v) is 6.19. The van der Waals surface area contributed by atoms with Crippen molar-refractivity contribution >= 4 is 0 Å². The molecule has 0 unspecified atom stereocenters. The molecular formula is C13H19FN2O. The van der Waals surface area contributed by atoms with E-state index in [-0.39, 0.29) is 18.0 Å². The van der Waals surface area contributed by atoms with Gasteiger partial charge in [0.15, 0.2) is 0 Å². The average Bonchev–Trinajstić information content (AvgIpc) is 2.38. The molecule has 1 aliphatic rings. The van der Waals surface area contributed by atoms with E-state index >= 15 is 0 Å². The highest BCUT2D eigenvalue weighted by Crippen LogP contribution is 2.28. The van der Waals surface area contributed by atoms with Gasteiger partial charge in [-0.15, -0.1) is 0 Å². The standard InChI is InChI=1S/C13H19FN2O/c14-12-6-11(7-15-9-12)8-16-13(10-17)4-2-1-3-5-13/h6-7,9,16-17H,1-5,8,10H2. The molecule has 0 aromatic carbocycles. The summed E-state index contributed by atoms with van der Waals surface area (Å²) in [5, 5.41) is 12.9. The van der Waals surface area contributed by atoms with Crippen LogP contribution in [0.1, 0.15) is 37.7 Å². The number of pyridine rings is 1. The van der Waals surface area contributed by atoms with Crippen molar-refractivity contribution in [3.05, 3.63) is 29.8 Å². The first kappa shape index (κ1) is 12.5. The fourth-order valence-corrected chi connectivity index (χ4v) is 2.46. The van der Waals surface area contributed by atoms with Crippen LogP contribution in [0.3, 0.4) is 0 Å². The molecule has 0 aliphatic heterocycles. The van der Waals surface area contributed by atoms with Gasteiger partial charge < -0.3 is 10.4 Å². The summed E-state index contributed by atoms with van der Waals surface area (Å²) >= 11 is 0. The molecule has 2 N–H and O–H groups in total. The van der Waals surface area contributed by atoms with Gasteiger partial charge in [-0.1, -0.05) is 19.3 Å². The highest BCUT2D eigenvalue weighted by atomic mass is 19.1. The lowest BCUT2D eigenvalue weighted by molar-refractivity contribution is 0.119. The molecule has 2 rings (SSSR count). The van der Waals surface area contributed by atoms with Crippen LogP contribution in [0, 0.1) is 5.82 Å². The molecule has 1 aromatic heterocycles. The summed E-state index contributed by atoms with van der Waals surface area (Å²) in [6.07, 6.45) is 8.38. The zero-order valence-corrected chi connectivity index (χ0v) is 9.95. The van der Waals surface area contributed by atoms with Crippen molar-refractivity contribution in [3.8, 4) is 0 Å². The molecular weight excluding hydrogens is 219 g/mol. The Morgan fingerprint density at radius 1 is 1.29 bits per heavy atom. The second kappa shape index (κ2) is 5.56. The van der Waals surface area contributed by atoms with E-state index in [0.29, 0.717) is 6.54 Å². The van der Waals surface area contributed by atoms with Gasteiger partial charge in [0.1, 0.15) is 5.82 Å². The van der Waals surface area contributed by atoms with Gasteiger partial charge in [0.2, 0.25) is 0 Å². The molecule has 17 heavy (non-hydrogen) atoms. The summed E-state index contributed by atoms with van der Waals surface area (Å²) in [4.78, 5) is 3.82. The van der Waals surface area contributed by atoms with Gasteiger partial charge in [0, 0.05) is 18.3 Å². The van der Waals surface area contributed by atoms with E-state index in [4.69, 9.17) is 0 Å². The number of hydrogen-bond acceptors (Lipinski definition) is 3. The van der Waals surface area contributed by atoms with Crippen molar-refractivity contribution in [2.24, 2.45) is 0 Å². The van der Waals surface area contributed by atoms with E-state index in [0.717, 1.165) is 31.2 Å². The largest absolute Gasteiger partial charge is 0.394 e.